The Kier molecular flexibility index (Phi) is 5.75. The molecule has 1 aromatic rings. The largest absolute Gasteiger partial charge is 0.458 e. The van der Waals surface area contributed by atoms with Crippen LogP contribution in [0.15, 0.2) is 40.8 Å². The third-order valence-corrected chi connectivity index (χ3v) is 10.1. The van der Waals surface area contributed by atoms with E-state index in [0.29, 0.717) is 19.3 Å². The first-order chi connectivity index (χ1) is 16.0. The molecule has 1 aromatic carbocycles. The van der Waals surface area contributed by atoms with E-state index in [0.717, 1.165) is 24.8 Å². The maximum absolute atomic E-state index is 15.9. The summed E-state index contributed by atoms with van der Waals surface area (Å²) in [4.78, 5) is 24.8. The number of hydrogen-bond acceptors (Lipinski definition) is 5. The number of carbonyl (C=O) groups is 2. The normalized spacial score (nSPS) is 39.5. The van der Waals surface area contributed by atoms with E-state index < -0.39 is 33.7 Å². The lowest BCUT2D eigenvalue weighted by Crippen LogP contribution is -2.54. The van der Waals surface area contributed by atoms with Gasteiger partial charge >= 0.3 is 5.97 Å². The number of allylic oxidation sites excluding steroid dienone is 1. The summed E-state index contributed by atoms with van der Waals surface area (Å²) in [5.74, 6) is 0.318. The van der Waals surface area contributed by atoms with E-state index >= 15 is 4.39 Å². The standard InChI is InChI=1S/C26H32FNO5S/c1-14-10-20-21-8-9-23(33-25(30)15-4-3-5-17(11-15)34(28,31)32)26(21,2)13-22(27)24(20)18-7-6-16(29)12-19(14)18/h3-5,11-12,14,18,20-24H,6-10,13H2,1-2H3,(H2,28,31,32)/t14-,18-,20?,21?,22?,23-,24?,26-/m0/s1. The first kappa shape index (κ1) is 23.7. The summed E-state index contributed by atoms with van der Waals surface area (Å²) < 4.78 is 45.1. The number of rotatable bonds is 3. The minimum Gasteiger partial charge on any atom is -0.458 e. The van der Waals surface area contributed by atoms with Gasteiger partial charge in [-0.05, 0) is 86.0 Å². The van der Waals surface area contributed by atoms with Gasteiger partial charge in [0, 0.05) is 11.8 Å². The highest BCUT2D eigenvalue weighted by molar-refractivity contribution is 7.89. The number of primary sulfonamides is 1. The van der Waals surface area contributed by atoms with Crippen molar-refractivity contribution in [1.82, 2.24) is 0 Å². The Morgan fingerprint density at radius 1 is 1.24 bits per heavy atom. The molecule has 0 aromatic heterocycles. The number of halogens is 1. The van der Waals surface area contributed by atoms with Crippen LogP contribution in [0.2, 0.25) is 0 Å². The van der Waals surface area contributed by atoms with E-state index in [1.54, 1.807) is 6.08 Å². The van der Waals surface area contributed by atoms with E-state index in [-0.39, 0.29) is 45.8 Å². The van der Waals surface area contributed by atoms with Gasteiger partial charge in [0.1, 0.15) is 12.3 Å². The number of carbonyl (C=O) groups excluding carboxylic acids is 2. The molecular formula is C26H32FNO5S. The lowest BCUT2D eigenvalue weighted by Gasteiger charge is -2.56. The van der Waals surface area contributed by atoms with Gasteiger partial charge in [-0.3, -0.25) is 4.79 Å². The Bertz CT molecular complexity index is 1160. The van der Waals surface area contributed by atoms with Crippen LogP contribution in [0, 0.1) is 35.0 Å². The van der Waals surface area contributed by atoms with Crippen LogP contribution in [0.3, 0.4) is 0 Å². The topological polar surface area (TPSA) is 104 Å². The average Bonchev–Trinajstić information content (AvgIpc) is 3.09. The van der Waals surface area contributed by atoms with Crippen LogP contribution in [0.5, 0.6) is 0 Å². The minimum absolute atomic E-state index is 0.0745. The van der Waals surface area contributed by atoms with Gasteiger partial charge in [0.05, 0.1) is 10.5 Å². The highest BCUT2D eigenvalue weighted by Gasteiger charge is 2.61. The fraction of sp³-hybridized carbons (Fsp3) is 0.615. The van der Waals surface area contributed by atoms with Crippen molar-refractivity contribution in [2.45, 2.75) is 69.5 Å². The Hall–Kier alpha value is -2.06. The van der Waals surface area contributed by atoms with Crippen LogP contribution in [-0.4, -0.2) is 32.4 Å². The summed E-state index contributed by atoms with van der Waals surface area (Å²) in [5.41, 5.74) is 0.788. The zero-order valence-electron chi connectivity index (χ0n) is 19.6. The third kappa shape index (κ3) is 3.83. The predicted molar refractivity (Wildman–Crippen MR) is 124 cm³/mol. The van der Waals surface area contributed by atoms with Gasteiger partial charge in [0.2, 0.25) is 10.0 Å². The van der Waals surface area contributed by atoms with Gasteiger partial charge in [-0.1, -0.05) is 25.5 Å². The first-order valence-electron chi connectivity index (χ1n) is 12.2. The molecule has 8 atom stereocenters. The smallest absolute Gasteiger partial charge is 0.338 e. The predicted octanol–water partition coefficient (Wildman–Crippen LogP) is 4.20. The van der Waals surface area contributed by atoms with Crippen LogP contribution >= 0.6 is 0 Å². The number of sulfonamides is 1. The van der Waals surface area contributed by atoms with Crippen molar-refractivity contribution in [2.24, 2.45) is 40.1 Å². The molecule has 3 fully saturated rings. The van der Waals surface area contributed by atoms with E-state index in [9.17, 15) is 18.0 Å². The molecule has 8 heteroatoms. The highest BCUT2D eigenvalue weighted by Crippen LogP contribution is 2.63. The first-order valence-corrected chi connectivity index (χ1v) is 13.8. The Labute approximate surface area is 200 Å². The van der Waals surface area contributed by atoms with Crippen LogP contribution in [-0.2, 0) is 19.6 Å². The van der Waals surface area contributed by atoms with Crippen LogP contribution < -0.4 is 5.14 Å². The summed E-state index contributed by atoms with van der Waals surface area (Å²) in [7, 11) is -3.94. The monoisotopic (exact) mass is 489 g/mol. The van der Waals surface area contributed by atoms with E-state index in [1.807, 2.05) is 6.92 Å². The molecule has 0 heterocycles. The van der Waals surface area contributed by atoms with E-state index in [1.165, 1.54) is 24.3 Å². The maximum atomic E-state index is 15.9. The van der Waals surface area contributed by atoms with Crippen LogP contribution in [0.1, 0.15) is 62.7 Å². The van der Waals surface area contributed by atoms with Gasteiger partial charge in [-0.2, -0.15) is 0 Å². The molecule has 4 aliphatic rings. The van der Waals surface area contributed by atoms with Gasteiger partial charge < -0.3 is 4.74 Å². The quantitative estimate of drug-likeness (QED) is 0.641. The molecule has 0 aliphatic heterocycles. The third-order valence-electron chi connectivity index (χ3n) is 9.15. The molecule has 0 saturated heterocycles. The molecule has 3 saturated carbocycles. The zero-order chi connectivity index (χ0) is 24.4. The summed E-state index contributed by atoms with van der Waals surface area (Å²) in [6.45, 7) is 4.20. The van der Waals surface area contributed by atoms with Crippen molar-refractivity contribution in [3.05, 3.63) is 41.5 Å². The Balaban J connectivity index is 1.38. The van der Waals surface area contributed by atoms with Crippen LogP contribution in [0.4, 0.5) is 4.39 Å². The van der Waals surface area contributed by atoms with Crippen molar-refractivity contribution in [3.63, 3.8) is 0 Å². The molecule has 6 nitrogen and oxygen atoms in total. The number of ether oxygens (including phenoxy) is 1. The van der Waals surface area contributed by atoms with E-state index in [2.05, 4.69) is 6.92 Å². The van der Waals surface area contributed by atoms with Crippen molar-refractivity contribution >= 4 is 21.8 Å². The summed E-state index contributed by atoms with van der Waals surface area (Å²) >= 11 is 0. The molecule has 34 heavy (non-hydrogen) atoms. The van der Waals surface area contributed by atoms with Crippen molar-refractivity contribution in [2.75, 3.05) is 0 Å². The van der Waals surface area contributed by atoms with Gasteiger partial charge in [-0.25, -0.2) is 22.7 Å². The van der Waals surface area contributed by atoms with Gasteiger partial charge in [-0.15, -0.1) is 0 Å². The lowest BCUT2D eigenvalue weighted by molar-refractivity contribution is -0.119. The number of fused-ring (bicyclic) bond motifs is 5. The van der Waals surface area contributed by atoms with Gasteiger partial charge in [0.25, 0.3) is 0 Å². The van der Waals surface area contributed by atoms with Crippen molar-refractivity contribution < 1.29 is 27.1 Å². The second-order valence-electron chi connectivity index (χ2n) is 11.0. The second kappa shape index (κ2) is 8.26. The van der Waals surface area contributed by atoms with Crippen LogP contribution in [0.25, 0.3) is 0 Å². The molecule has 0 spiro atoms. The number of alkyl halides is 1. The number of hydrogen-bond donors (Lipinski definition) is 1. The Morgan fingerprint density at radius 2 is 2.00 bits per heavy atom. The van der Waals surface area contributed by atoms with Gasteiger partial charge in [0.15, 0.2) is 5.78 Å². The number of ketones is 1. The fourth-order valence-electron chi connectivity index (χ4n) is 7.67. The average molecular weight is 490 g/mol. The maximum Gasteiger partial charge on any atom is 0.338 e. The van der Waals surface area contributed by atoms with E-state index in [4.69, 9.17) is 9.88 Å². The number of benzene rings is 1. The molecule has 0 amide bonds. The minimum atomic E-state index is -3.94. The molecule has 4 unspecified atom stereocenters. The van der Waals surface area contributed by atoms with Crippen molar-refractivity contribution in [1.29, 1.82) is 0 Å². The SMILES string of the molecule is C[C@H]1CC2C(C(F)C[C@@]3(C)C2CC[C@@H]3OC(=O)c2cccc(S(N)(=O)=O)c2)[C@H]2CCC(=O)C=C12. The molecule has 0 bridgehead atoms. The summed E-state index contributed by atoms with van der Waals surface area (Å²) in [6.07, 6.45) is 4.31. The molecule has 5 rings (SSSR count). The summed E-state index contributed by atoms with van der Waals surface area (Å²) in [6, 6.07) is 5.52. The van der Waals surface area contributed by atoms with Crippen molar-refractivity contribution in [3.8, 4) is 0 Å². The molecule has 184 valence electrons. The number of esters is 1. The zero-order valence-corrected chi connectivity index (χ0v) is 20.4. The lowest BCUT2D eigenvalue weighted by atomic mass is 9.50. The molecule has 4 aliphatic carbocycles. The second-order valence-corrected chi connectivity index (χ2v) is 12.6. The number of nitrogens with two attached hydrogens (primary N) is 1. The molecular weight excluding hydrogens is 457 g/mol. The molecule has 2 N–H and O–H groups in total. The highest BCUT2D eigenvalue weighted by atomic mass is 32.2. The fourth-order valence-corrected chi connectivity index (χ4v) is 8.23. The molecule has 0 radical (unpaired) electrons. The summed E-state index contributed by atoms with van der Waals surface area (Å²) in [5, 5.41) is 5.20. The Morgan fingerprint density at radius 3 is 2.74 bits per heavy atom.